The fourth-order valence-corrected chi connectivity index (χ4v) is 1.61. The topological polar surface area (TPSA) is 50.4 Å². The van der Waals surface area contributed by atoms with Gasteiger partial charge >= 0.3 is 6.09 Å². The van der Waals surface area contributed by atoms with E-state index in [0.717, 1.165) is 19.5 Å². The van der Waals surface area contributed by atoms with Gasteiger partial charge in [-0.25, -0.2) is 9.18 Å². The largest absolute Gasteiger partial charge is 0.412 e. The molecule has 1 aromatic carbocycles. The van der Waals surface area contributed by atoms with Crippen molar-refractivity contribution in [3.8, 4) is 5.75 Å². The second-order valence-electron chi connectivity index (χ2n) is 3.68. The van der Waals surface area contributed by atoms with Crippen LogP contribution < -0.4 is 15.4 Å². The lowest BCUT2D eigenvalue weighted by molar-refractivity contribution is 0.196. The fraction of sp³-hybridized carbons (Fsp3) is 0.364. The monoisotopic (exact) mass is 224 g/mol. The smallest absolute Gasteiger partial charge is 0.410 e. The van der Waals surface area contributed by atoms with E-state index in [0.29, 0.717) is 0 Å². The van der Waals surface area contributed by atoms with Gasteiger partial charge in [-0.1, -0.05) is 6.07 Å². The van der Waals surface area contributed by atoms with Crippen LogP contribution in [0, 0.1) is 5.82 Å². The number of ether oxygens (including phenoxy) is 1. The van der Waals surface area contributed by atoms with Crippen LogP contribution in [0.3, 0.4) is 0 Å². The fourth-order valence-electron chi connectivity index (χ4n) is 1.61. The van der Waals surface area contributed by atoms with Gasteiger partial charge in [-0.15, -0.1) is 0 Å². The summed E-state index contributed by atoms with van der Waals surface area (Å²) in [7, 11) is 0. The Bertz CT molecular complexity index is 378. The first-order valence-corrected chi connectivity index (χ1v) is 5.19. The van der Waals surface area contributed by atoms with Crippen molar-refractivity contribution >= 4 is 6.09 Å². The normalized spacial score (nSPS) is 19.4. The molecule has 1 aromatic rings. The second kappa shape index (κ2) is 4.94. The van der Waals surface area contributed by atoms with E-state index < -0.39 is 11.9 Å². The van der Waals surface area contributed by atoms with Crippen LogP contribution >= 0.6 is 0 Å². The van der Waals surface area contributed by atoms with Gasteiger partial charge in [-0.2, -0.15) is 0 Å². The Balaban J connectivity index is 1.86. The Morgan fingerprint density at radius 3 is 3.12 bits per heavy atom. The molecular formula is C11H13FN2O2. The van der Waals surface area contributed by atoms with Crippen molar-refractivity contribution < 1.29 is 13.9 Å². The molecule has 1 aliphatic heterocycles. The van der Waals surface area contributed by atoms with Gasteiger partial charge in [0.1, 0.15) is 11.6 Å². The summed E-state index contributed by atoms with van der Waals surface area (Å²) in [6, 6.07) is 5.60. The maximum atomic E-state index is 12.8. The van der Waals surface area contributed by atoms with Crippen molar-refractivity contribution in [2.45, 2.75) is 12.5 Å². The van der Waals surface area contributed by atoms with E-state index in [1.165, 1.54) is 24.3 Å². The maximum absolute atomic E-state index is 12.8. The van der Waals surface area contributed by atoms with E-state index in [1.807, 2.05) is 0 Å². The lowest BCUT2D eigenvalue weighted by Gasteiger charge is -2.11. The first-order chi connectivity index (χ1) is 7.74. The molecule has 1 atom stereocenters. The molecule has 0 spiro atoms. The standard InChI is InChI=1S/C11H13FN2O2/c12-8-2-1-3-10(6-8)16-11(15)14-9-4-5-13-7-9/h1-3,6,9,13H,4-5,7H2,(H,14,15). The van der Waals surface area contributed by atoms with Gasteiger partial charge < -0.3 is 15.4 Å². The van der Waals surface area contributed by atoms with Gasteiger partial charge in [0.2, 0.25) is 0 Å². The lowest BCUT2D eigenvalue weighted by atomic mass is 10.3. The summed E-state index contributed by atoms with van der Waals surface area (Å²) >= 11 is 0. The number of carbonyl (C=O) groups excluding carboxylic acids is 1. The van der Waals surface area contributed by atoms with Gasteiger partial charge in [0.25, 0.3) is 0 Å². The van der Waals surface area contributed by atoms with Gasteiger partial charge in [0, 0.05) is 18.7 Å². The molecule has 4 nitrogen and oxygen atoms in total. The number of amides is 1. The number of benzene rings is 1. The van der Waals surface area contributed by atoms with Gasteiger partial charge in [-0.05, 0) is 25.1 Å². The summed E-state index contributed by atoms with van der Waals surface area (Å²) < 4.78 is 17.7. The molecule has 1 heterocycles. The molecule has 0 saturated carbocycles. The minimum atomic E-state index is -0.542. The van der Waals surface area contributed by atoms with Gasteiger partial charge in [-0.3, -0.25) is 0 Å². The Hall–Kier alpha value is -1.62. The van der Waals surface area contributed by atoms with E-state index in [1.54, 1.807) is 0 Å². The summed E-state index contributed by atoms with van der Waals surface area (Å²) in [5, 5.41) is 5.82. The quantitative estimate of drug-likeness (QED) is 0.795. The molecule has 16 heavy (non-hydrogen) atoms. The average Bonchev–Trinajstić information content (AvgIpc) is 2.70. The Morgan fingerprint density at radius 2 is 2.44 bits per heavy atom. The van der Waals surface area contributed by atoms with Crippen LogP contribution in [0.4, 0.5) is 9.18 Å². The molecule has 0 radical (unpaired) electrons. The molecule has 86 valence electrons. The van der Waals surface area contributed by atoms with E-state index in [9.17, 15) is 9.18 Å². The molecule has 5 heteroatoms. The lowest BCUT2D eigenvalue weighted by Crippen LogP contribution is -2.38. The van der Waals surface area contributed by atoms with Gasteiger partial charge in [0.15, 0.2) is 0 Å². The highest BCUT2D eigenvalue weighted by Crippen LogP contribution is 2.12. The molecule has 1 aliphatic rings. The predicted molar refractivity (Wildman–Crippen MR) is 56.8 cm³/mol. The number of hydrogen-bond donors (Lipinski definition) is 2. The third-order valence-corrected chi connectivity index (χ3v) is 2.39. The Labute approximate surface area is 92.8 Å². The summed E-state index contributed by atoms with van der Waals surface area (Å²) in [5.41, 5.74) is 0. The molecule has 1 saturated heterocycles. The van der Waals surface area contributed by atoms with E-state index in [2.05, 4.69) is 10.6 Å². The zero-order chi connectivity index (χ0) is 11.4. The van der Waals surface area contributed by atoms with Crippen LogP contribution in [0.5, 0.6) is 5.75 Å². The highest BCUT2D eigenvalue weighted by Gasteiger charge is 2.17. The molecule has 1 amide bonds. The van der Waals surface area contributed by atoms with Gasteiger partial charge in [0.05, 0.1) is 0 Å². The van der Waals surface area contributed by atoms with Crippen LogP contribution in [-0.2, 0) is 0 Å². The van der Waals surface area contributed by atoms with Crippen LogP contribution in [0.2, 0.25) is 0 Å². The van der Waals surface area contributed by atoms with Crippen LogP contribution in [0.1, 0.15) is 6.42 Å². The van der Waals surface area contributed by atoms with Crippen molar-refractivity contribution in [3.05, 3.63) is 30.1 Å². The zero-order valence-electron chi connectivity index (χ0n) is 8.70. The minimum absolute atomic E-state index is 0.0982. The summed E-state index contributed by atoms with van der Waals surface area (Å²) in [6.07, 6.45) is 0.345. The van der Waals surface area contributed by atoms with Crippen LogP contribution in [-0.4, -0.2) is 25.2 Å². The van der Waals surface area contributed by atoms with E-state index in [4.69, 9.17) is 4.74 Å². The Kier molecular flexibility index (Phi) is 3.36. The number of halogens is 1. The molecule has 0 bridgehead atoms. The molecule has 1 fully saturated rings. The molecule has 0 aliphatic carbocycles. The SMILES string of the molecule is O=C(NC1CCNC1)Oc1cccc(F)c1. The van der Waals surface area contributed by atoms with E-state index in [-0.39, 0.29) is 11.8 Å². The van der Waals surface area contributed by atoms with Crippen molar-refractivity contribution in [2.24, 2.45) is 0 Å². The van der Waals surface area contributed by atoms with Crippen molar-refractivity contribution in [3.63, 3.8) is 0 Å². The third kappa shape index (κ3) is 2.93. The predicted octanol–water partition coefficient (Wildman–Crippen LogP) is 1.28. The zero-order valence-corrected chi connectivity index (χ0v) is 8.70. The Morgan fingerprint density at radius 1 is 1.56 bits per heavy atom. The minimum Gasteiger partial charge on any atom is -0.410 e. The van der Waals surface area contributed by atoms with E-state index >= 15 is 0 Å². The van der Waals surface area contributed by atoms with Crippen molar-refractivity contribution in [1.82, 2.24) is 10.6 Å². The van der Waals surface area contributed by atoms with Crippen LogP contribution in [0.15, 0.2) is 24.3 Å². The summed E-state index contributed by atoms with van der Waals surface area (Å²) in [6.45, 7) is 1.64. The summed E-state index contributed by atoms with van der Waals surface area (Å²) in [5.74, 6) is -0.212. The third-order valence-electron chi connectivity index (χ3n) is 2.39. The van der Waals surface area contributed by atoms with Crippen LogP contribution in [0.25, 0.3) is 0 Å². The highest BCUT2D eigenvalue weighted by atomic mass is 19.1. The van der Waals surface area contributed by atoms with Crippen molar-refractivity contribution in [2.75, 3.05) is 13.1 Å². The first-order valence-electron chi connectivity index (χ1n) is 5.19. The number of rotatable bonds is 2. The molecule has 2 rings (SSSR count). The molecule has 2 N–H and O–H groups in total. The number of nitrogens with one attached hydrogen (secondary N) is 2. The van der Waals surface area contributed by atoms with Crippen molar-refractivity contribution in [1.29, 1.82) is 0 Å². The number of carbonyl (C=O) groups is 1. The number of hydrogen-bond acceptors (Lipinski definition) is 3. The molecule has 1 unspecified atom stereocenters. The highest BCUT2D eigenvalue weighted by molar-refractivity contribution is 5.70. The average molecular weight is 224 g/mol. The summed E-state index contributed by atoms with van der Waals surface area (Å²) in [4.78, 5) is 11.4. The molecule has 0 aromatic heterocycles. The second-order valence-corrected chi connectivity index (χ2v) is 3.68. The molecular weight excluding hydrogens is 211 g/mol. The first kappa shape index (κ1) is 10.9. The maximum Gasteiger partial charge on any atom is 0.412 e.